The lowest BCUT2D eigenvalue weighted by Crippen LogP contribution is -2.57. The van der Waals surface area contributed by atoms with Crippen molar-refractivity contribution in [3.8, 4) is 0 Å². The zero-order chi connectivity index (χ0) is 15.7. The summed E-state index contributed by atoms with van der Waals surface area (Å²) < 4.78 is 0. The van der Waals surface area contributed by atoms with Crippen molar-refractivity contribution in [2.75, 3.05) is 11.4 Å². The van der Waals surface area contributed by atoms with Crippen molar-refractivity contribution in [2.24, 2.45) is 0 Å². The van der Waals surface area contributed by atoms with Crippen LogP contribution in [0.4, 0.5) is 11.4 Å². The van der Waals surface area contributed by atoms with Crippen molar-refractivity contribution in [1.29, 1.82) is 0 Å². The molecule has 2 rings (SSSR count). The molecular formula is C12H11N3O6. The SMILES string of the molecule is CC1C(=O)NC(=O)CN1c1ccc([N+](=O)[O-])cc1C(=O)O. The maximum absolute atomic E-state index is 11.6. The molecule has 1 aliphatic rings. The maximum atomic E-state index is 11.6. The maximum Gasteiger partial charge on any atom is 0.338 e. The van der Waals surface area contributed by atoms with E-state index < -0.39 is 28.7 Å². The fraction of sp³-hybridized carbons (Fsp3) is 0.250. The Morgan fingerprint density at radius 3 is 2.71 bits per heavy atom. The molecule has 0 aliphatic carbocycles. The van der Waals surface area contributed by atoms with Gasteiger partial charge in [0.1, 0.15) is 6.04 Å². The van der Waals surface area contributed by atoms with Gasteiger partial charge in [-0.25, -0.2) is 4.79 Å². The lowest BCUT2D eigenvalue weighted by Gasteiger charge is -2.34. The number of aromatic carboxylic acids is 1. The fourth-order valence-electron chi connectivity index (χ4n) is 2.07. The number of hydrogen-bond donors (Lipinski definition) is 2. The Bertz CT molecular complexity index is 656. The molecule has 1 saturated heterocycles. The number of carboxylic acid groups (broad SMARTS) is 1. The number of nitrogens with one attached hydrogen (secondary N) is 1. The molecule has 0 spiro atoms. The molecule has 1 aromatic rings. The Morgan fingerprint density at radius 2 is 2.14 bits per heavy atom. The minimum Gasteiger partial charge on any atom is -0.478 e. The highest BCUT2D eigenvalue weighted by molar-refractivity contribution is 6.06. The minimum atomic E-state index is -1.38. The van der Waals surface area contributed by atoms with E-state index in [2.05, 4.69) is 5.32 Å². The molecule has 0 aromatic heterocycles. The topological polar surface area (TPSA) is 130 Å². The Hall–Kier alpha value is -2.97. The van der Waals surface area contributed by atoms with E-state index in [-0.39, 0.29) is 23.5 Å². The van der Waals surface area contributed by atoms with Gasteiger partial charge in [0.15, 0.2) is 0 Å². The molecule has 9 nitrogen and oxygen atoms in total. The quantitative estimate of drug-likeness (QED) is 0.460. The zero-order valence-corrected chi connectivity index (χ0v) is 10.9. The van der Waals surface area contributed by atoms with Crippen molar-refractivity contribution in [2.45, 2.75) is 13.0 Å². The molecule has 1 unspecified atom stereocenters. The molecule has 21 heavy (non-hydrogen) atoms. The highest BCUT2D eigenvalue weighted by atomic mass is 16.6. The molecule has 0 radical (unpaired) electrons. The van der Waals surface area contributed by atoms with Gasteiger partial charge in [0.25, 0.3) is 5.69 Å². The van der Waals surface area contributed by atoms with E-state index in [0.29, 0.717) is 0 Å². The summed E-state index contributed by atoms with van der Waals surface area (Å²) in [5.74, 6) is -2.49. The molecule has 110 valence electrons. The second kappa shape index (κ2) is 5.19. The van der Waals surface area contributed by atoms with Crippen LogP contribution in [0, 0.1) is 10.1 Å². The third-order valence-corrected chi connectivity index (χ3v) is 3.15. The summed E-state index contributed by atoms with van der Waals surface area (Å²) in [6.07, 6.45) is 0. The number of carbonyl (C=O) groups excluding carboxylic acids is 2. The van der Waals surface area contributed by atoms with Gasteiger partial charge >= 0.3 is 5.97 Å². The molecule has 0 bridgehead atoms. The van der Waals surface area contributed by atoms with Crippen LogP contribution in [-0.4, -0.2) is 40.4 Å². The lowest BCUT2D eigenvalue weighted by atomic mass is 10.1. The number of nitrogens with zero attached hydrogens (tertiary/aromatic N) is 2. The van der Waals surface area contributed by atoms with Crippen LogP contribution in [0.25, 0.3) is 0 Å². The Kier molecular flexibility index (Phi) is 3.57. The number of hydrogen-bond acceptors (Lipinski definition) is 6. The first-order chi connectivity index (χ1) is 9.81. The number of carbonyl (C=O) groups is 3. The highest BCUT2D eigenvalue weighted by Crippen LogP contribution is 2.28. The minimum absolute atomic E-state index is 0.0869. The van der Waals surface area contributed by atoms with Crippen LogP contribution in [0.1, 0.15) is 17.3 Å². The third kappa shape index (κ3) is 2.66. The first-order valence-electron chi connectivity index (χ1n) is 5.93. The summed E-state index contributed by atoms with van der Waals surface area (Å²) in [6.45, 7) is 1.31. The van der Waals surface area contributed by atoms with E-state index in [9.17, 15) is 29.6 Å². The monoisotopic (exact) mass is 293 g/mol. The van der Waals surface area contributed by atoms with Crippen molar-refractivity contribution >= 4 is 29.2 Å². The predicted octanol–water partition coefficient (Wildman–Crippen LogP) is 0.144. The number of carboxylic acids is 1. The first kappa shape index (κ1) is 14.4. The first-order valence-corrected chi connectivity index (χ1v) is 5.93. The van der Waals surface area contributed by atoms with Crippen LogP contribution in [0.3, 0.4) is 0 Å². The van der Waals surface area contributed by atoms with Gasteiger partial charge in [-0.2, -0.15) is 0 Å². The van der Waals surface area contributed by atoms with E-state index in [1.807, 2.05) is 0 Å². The number of piperazine rings is 1. The smallest absolute Gasteiger partial charge is 0.338 e. The molecule has 1 aliphatic heterocycles. The summed E-state index contributed by atoms with van der Waals surface area (Å²) >= 11 is 0. The Labute approximate surface area is 118 Å². The Balaban J connectivity index is 2.52. The molecular weight excluding hydrogens is 282 g/mol. The second-order valence-corrected chi connectivity index (χ2v) is 4.48. The van der Waals surface area contributed by atoms with Gasteiger partial charge in [-0.15, -0.1) is 0 Å². The van der Waals surface area contributed by atoms with Gasteiger partial charge in [0, 0.05) is 12.1 Å². The summed E-state index contributed by atoms with van der Waals surface area (Å²) in [7, 11) is 0. The van der Waals surface area contributed by atoms with Gasteiger partial charge in [0.05, 0.1) is 22.7 Å². The fourth-order valence-corrected chi connectivity index (χ4v) is 2.07. The standard InChI is InChI=1S/C12H11N3O6/c1-6-11(17)13-10(16)5-14(6)9-3-2-7(15(20)21)4-8(9)12(18)19/h2-4,6H,5H2,1H3,(H,18,19)(H,13,16,17). The van der Waals surface area contributed by atoms with Gasteiger partial charge < -0.3 is 10.0 Å². The number of rotatable bonds is 3. The zero-order valence-electron chi connectivity index (χ0n) is 10.9. The number of benzene rings is 1. The molecule has 1 fully saturated rings. The molecule has 1 heterocycles. The van der Waals surface area contributed by atoms with E-state index >= 15 is 0 Å². The summed E-state index contributed by atoms with van der Waals surface area (Å²) in [5.41, 5.74) is -0.626. The van der Waals surface area contributed by atoms with E-state index in [1.54, 1.807) is 0 Å². The van der Waals surface area contributed by atoms with Crippen LogP contribution in [-0.2, 0) is 9.59 Å². The van der Waals surface area contributed by atoms with Gasteiger partial charge in [0.2, 0.25) is 11.8 Å². The average molecular weight is 293 g/mol. The number of non-ortho nitro benzene ring substituents is 1. The Morgan fingerprint density at radius 1 is 1.48 bits per heavy atom. The molecule has 2 N–H and O–H groups in total. The molecule has 2 amide bonds. The van der Waals surface area contributed by atoms with Crippen molar-refractivity contribution in [3.63, 3.8) is 0 Å². The number of nitro benzene ring substituents is 1. The van der Waals surface area contributed by atoms with Crippen molar-refractivity contribution in [3.05, 3.63) is 33.9 Å². The van der Waals surface area contributed by atoms with Gasteiger partial charge in [-0.05, 0) is 13.0 Å². The van der Waals surface area contributed by atoms with Crippen LogP contribution < -0.4 is 10.2 Å². The highest BCUT2D eigenvalue weighted by Gasteiger charge is 2.33. The number of imide groups is 1. The molecule has 0 saturated carbocycles. The van der Waals surface area contributed by atoms with Gasteiger partial charge in [-0.1, -0.05) is 0 Å². The average Bonchev–Trinajstić information content (AvgIpc) is 2.42. The predicted molar refractivity (Wildman–Crippen MR) is 70.0 cm³/mol. The number of anilines is 1. The number of nitro groups is 1. The summed E-state index contributed by atoms with van der Waals surface area (Å²) in [5, 5.41) is 22.0. The normalized spacial score (nSPS) is 18.3. The molecule has 1 aromatic carbocycles. The summed E-state index contributed by atoms with van der Waals surface area (Å²) in [6, 6.07) is 2.50. The van der Waals surface area contributed by atoms with Crippen molar-refractivity contribution < 1.29 is 24.4 Å². The van der Waals surface area contributed by atoms with Crippen LogP contribution in [0.15, 0.2) is 18.2 Å². The van der Waals surface area contributed by atoms with E-state index in [4.69, 9.17) is 0 Å². The molecule has 9 heteroatoms. The van der Waals surface area contributed by atoms with E-state index in [1.165, 1.54) is 17.9 Å². The third-order valence-electron chi connectivity index (χ3n) is 3.15. The number of amides is 2. The van der Waals surface area contributed by atoms with Gasteiger partial charge in [-0.3, -0.25) is 25.0 Å². The summed E-state index contributed by atoms with van der Waals surface area (Å²) in [4.78, 5) is 45.6. The van der Waals surface area contributed by atoms with E-state index in [0.717, 1.165) is 12.1 Å². The second-order valence-electron chi connectivity index (χ2n) is 4.48. The lowest BCUT2D eigenvalue weighted by molar-refractivity contribution is -0.384. The largest absolute Gasteiger partial charge is 0.478 e. The van der Waals surface area contributed by atoms with Crippen LogP contribution in [0.2, 0.25) is 0 Å². The van der Waals surface area contributed by atoms with Crippen molar-refractivity contribution in [1.82, 2.24) is 5.32 Å². The van der Waals surface area contributed by atoms with Crippen LogP contribution in [0.5, 0.6) is 0 Å². The molecule has 1 atom stereocenters. The van der Waals surface area contributed by atoms with Crippen LogP contribution >= 0.6 is 0 Å².